The maximum absolute atomic E-state index is 13.7. The molecule has 0 spiro atoms. The normalized spacial score (nSPS) is 16.1. The van der Waals surface area contributed by atoms with Gasteiger partial charge >= 0.3 is 0 Å². The van der Waals surface area contributed by atoms with Gasteiger partial charge in [0.25, 0.3) is 0 Å². The molecule has 1 aliphatic heterocycles. The highest BCUT2D eigenvalue weighted by molar-refractivity contribution is 5.83. The average Bonchev–Trinajstić information content (AvgIpc) is 2.68. The molecule has 1 saturated heterocycles. The van der Waals surface area contributed by atoms with Crippen molar-refractivity contribution in [1.82, 2.24) is 10.2 Å². The summed E-state index contributed by atoms with van der Waals surface area (Å²) in [5.41, 5.74) is 1.53. The van der Waals surface area contributed by atoms with Crippen molar-refractivity contribution in [2.24, 2.45) is 0 Å². The Hall–Kier alpha value is -2.44. The summed E-state index contributed by atoms with van der Waals surface area (Å²) in [5, 5.41) is 2.97. The van der Waals surface area contributed by atoms with Crippen LogP contribution in [-0.2, 0) is 16.1 Å². The van der Waals surface area contributed by atoms with E-state index in [0.29, 0.717) is 38.4 Å². The smallest absolute Gasteiger partial charge is 0.242 e. The molecule has 1 heterocycles. The van der Waals surface area contributed by atoms with Crippen LogP contribution in [0.15, 0.2) is 48.5 Å². The van der Waals surface area contributed by atoms with E-state index in [9.17, 15) is 9.18 Å². The lowest BCUT2D eigenvalue weighted by Crippen LogP contribution is -2.45. The Balaban J connectivity index is 1.78. The second kappa shape index (κ2) is 8.78. The van der Waals surface area contributed by atoms with Crippen molar-refractivity contribution >= 4 is 5.91 Å². The summed E-state index contributed by atoms with van der Waals surface area (Å²) >= 11 is 0. The van der Waals surface area contributed by atoms with Crippen LogP contribution >= 0.6 is 0 Å². The maximum Gasteiger partial charge on any atom is 0.242 e. The number of nitrogens with zero attached hydrogens (tertiary/aromatic N) is 1. The molecule has 5 nitrogen and oxygen atoms in total. The molecule has 138 valence electrons. The lowest BCUT2D eigenvalue weighted by atomic mass is 10.0. The minimum absolute atomic E-state index is 0.164. The Morgan fingerprint density at radius 2 is 2.00 bits per heavy atom. The SMILES string of the molecule is COc1ccccc1CNC(=O)C(c1cccc(F)c1)N1CCOCC1. The first-order valence-electron chi connectivity index (χ1n) is 8.66. The number of carbonyl (C=O) groups is 1. The van der Waals surface area contributed by atoms with Crippen molar-refractivity contribution in [3.63, 3.8) is 0 Å². The minimum Gasteiger partial charge on any atom is -0.496 e. The molecule has 3 rings (SSSR count). The zero-order chi connectivity index (χ0) is 18.4. The van der Waals surface area contributed by atoms with Crippen LogP contribution in [0.25, 0.3) is 0 Å². The van der Waals surface area contributed by atoms with Crippen molar-refractivity contribution in [3.05, 3.63) is 65.5 Å². The molecule has 6 heteroatoms. The summed E-state index contributed by atoms with van der Waals surface area (Å²) in [6, 6.07) is 13.2. The third kappa shape index (κ3) is 4.39. The number of hydrogen-bond donors (Lipinski definition) is 1. The molecule has 0 radical (unpaired) electrons. The van der Waals surface area contributed by atoms with Gasteiger partial charge in [-0.2, -0.15) is 0 Å². The van der Waals surface area contributed by atoms with Crippen molar-refractivity contribution < 1.29 is 18.7 Å². The molecule has 26 heavy (non-hydrogen) atoms. The molecule has 2 aromatic carbocycles. The van der Waals surface area contributed by atoms with Crippen LogP contribution < -0.4 is 10.1 Å². The standard InChI is InChI=1S/C20H23FN2O3/c1-25-18-8-3-2-5-16(18)14-22-20(24)19(23-9-11-26-12-10-23)15-6-4-7-17(21)13-15/h2-8,13,19H,9-12,14H2,1H3,(H,22,24). The molecule has 1 aliphatic rings. The molecule has 1 atom stereocenters. The summed E-state index contributed by atoms with van der Waals surface area (Å²) in [6.45, 7) is 2.72. The lowest BCUT2D eigenvalue weighted by Gasteiger charge is -2.33. The van der Waals surface area contributed by atoms with E-state index in [1.807, 2.05) is 29.2 Å². The number of morpholine rings is 1. The van der Waals surface area contributed by atoms with E-state index in [2.05, 4.69) is 5.32 Å². The molecular formula is C20H23FN2O3. The number of para-hydroxylation sites is 1. The fourth-order valence-corrected chi connectivity index (χ4v) is 3.17. The fourth-order valence-electron chi connectivity index (χ4n) is 3.17. The van der Waals surface area contributed by atoms with Gasteiger partial charge in [0.1, 0.15) is 17.6 Å². The number of carbonyl (C=O) groups excluding carboxylic acids is 1. The van der Waals surface area contributed by atoms with Gasteiger partial charge in [-0.05, 0) is 23.8 Å². The molecule has 1 fully saturated rings. The van der Waals surface area contributed by atoms with Gasteiger partial charge in [0.05, 0.1) is 20.3 Å². The molecule has 1 unspecified atom stereocenters. The Morgan fingerprint density at radius 1 is 1.23 bits per heavy atom. The molecule has 0 bridgehead atoms. The van der Waals surface area contributed by atoms with Gasteiger partial charge in [0, 0.05) is 25.2 Å². The first-order chi connectivity index (χ1) is 12.7. The first kappa shape index (κ1) is 18.4. The number of rotatable bonds is 6. The van der Waals surface area contributed by atoms with E-state index in [4.69, 9.17) is 9.47 Å². The second-order valence-corrected chi connectivity index (χ2v) is 6.14. The van der Waals surface area contributed by atoms with E-state index < -0.39 is 6.04 Å². The molecule has 0 aromatic heterocycles. The highest BCUT2D eigenvalue weighted by atomic mass is 19.1. The second-order valence-electron chi connectivity index (χ2n) is 6.14. The number of benzene rings is 2. The number of nitrogens with one attached hydrogen (secondary N) is 1. The highest BCUT2D eigenvalue weighted by Gasteiger charge is 2.29. The fraction of sp³-hybridized carbons (Fsp3) is 0.350. The zero-order valence-electron chi connectivity index (χ0n) is 14.8. The predicted molar refractivity (Wildman–Crippen MR) is 96.4 cm³/mol. The third-order valence-corrected chi connectivity index (χ3v) is 4.47. The monoisotopic (exact) mass is 358 g/mol. The minimum atomic E-state index is -0.552. The van der Waals surface area contributed by atoms with Crippen LogP contribution in [0.5, 0.6) is 5.75 Å². The molecule has 1 N–H and O–H groups in total. The van der Waals surface area contributed by atoms with E-state index in [-0.39, 0.29) is 11.7 Å². The maximum atomic E-state index is 13.7. The number of halogens is 1. The quantitative estimate of drug-likeness (QED) is 0.862. The van der Waals surface area contributed by atoms with E-state index in [0.717, 1.165) is 11.3 Å². The number of methoxy groups -OCH3 is 1. The third-order valence-electron chi connectivity index (χ3n) is 4.47. The summed E-state index contributed by atoms with van der Waals surface area (Å²) in [4.78, 5) is 15.0. The molecule has 2 aromatic rings. The van der Waals surface area contributed by atoms with Crippen LogP contribution in [0.3, 0.4) is 0 Å². The van der Waals surface area contributed by atoms with Crippen LogP contribution in [0, 0.1) is 5.82 Å². The molecule has 0 saturated carbocycles. The number of amides is 1. The van der Waals surface area contributed by atoms with Gasteiger partial charge in [-0.15, -0.1) is 0 Å². The van der Waals surface area contributed by atoms with Gasteiger partial charge in [0.2, 0.25) is 5.91 Å². The summed E-state index contributed by atoms with van der Waals surface area (Å²) in [7, 11) is 1.60. The lowest BCUT2D eigenvalue weighted by molar-refractivity contribution is -0.128. The summed E-state index contributed by atoms with van der Waals surface area (Å²) < 4.78 is 24.4. The van der Waals surface area contributed by atoms with Gasteiger partial charge in [-0.25, -0.2) is 4.39 Å². The Labute approximate surface area is 152 Å². The topological polar surface area (TPSA) is 50.8 Å². The van der Waals surface area contributed by atoms with Crippen LogP contribution in [0.2, 0.25) is 0 Å². The highest BCUT2D eigenvalue weighted by Crippen LogP contribution is 2.24. The van der Waals surface area contributed by atoms with Crippen LogP contribution in [0.4, 0.5) is 4.39 Å². The van der Waals surface area contributed by atoms with Gasteiger partial charge in [-0.1, -0.05) is 30.3 Å². The van der Waals surface area contributed by atoms with Gasteiger partial charge < -0.3 is 14.8 Å². The summed E-state index contributed by atoms with van der Waals surface area (Å²) in [5.74, 6) is 0.211. The Morgan fingerprint density at radius 3 is 2.73 bits per heavy atom. The van der Waals surface area contributed by atoms with E-state index in [1.165, 1.54) is 12.1 Å². The summed E-state index contributed by atoms with van der Waals surface area (Å²) in [6.07, 6.45) is 0. The van der Waals surface area contributed by atoms with Gasteiger partial charge in [-0.3, -0.25) is 9.69 Å². The van der Waals surface area contributed by atoms with Gasteiger partial charge in [0.15, 0.2) is 0 Å². The molecule has 1 amide bonds. The zero-order valence-corrected chi connectivity index (χ0v) is 14.8. The molecular weight excluding hydrogens is 335 g/mol. The Bertz CT molecular complexity index is 747. The average molecular weight is 358 g/mol. The van der Waals surface area contributed by atoms with Crippen molar-refractivity contribution in [2.45, 2.75) is 12.6 Å². The predicted octanol–water partition coefficient (Wildman–Crippen LogP) is 2.52. The van der Waals surface area contributed by atoms with Crippen LogP contribution in [-0.4, -0.2) is 44.2 Å². The first-order valence-corrected chi connectivity index (χ1v) is 8.66. The largest absolute Gasteiger partial charge is 0.496 e. The van der Waals surface area contributed by atoms with E-state index >= 15 is 0 Å². The van der Waals surface area contributed by atoms with Crippen molar-refractivity contribution in [1.29, 1.82) is 0 Å². The van der Waals surface area contributed by atoms with Crippen molar-refractivity contribution in [2.75, 3.05) is 33.4 Å². The number of ether oxygens (including phenoxy) is 2. The number of hydrogen-bond acceptors (Lipinski definition) is 4. The van der Waals surface area contributed by atoms with Crippen LogP contribution in [0.1, 0.15) is 17.2 Å². The molecule has 0 aliphatic carbocycles. The van der Waals surface area contributed by atoms with Crippen molar-refractivity contribution in [3.8, 4) is 5.75 Å². The Kier molecular flexibility index (Phi) is 6.20. The van der Waals surface area contributed by atoms with E-state index in [1.54, 1.807) is 19.2 Å².